The lowest BCUT2D eigenvalue weighted by molar-refractivity contribution is 0.141. The van der Waals surface area contributed by atoms with E-state index in [2.05, 4.69) is 61.4 Å². The van der Waals surface area contributed by atoms with Gasteiger partial charge in [0.2, 0.25) is 0 Å². The summed E-state index contributed by atoms with van der Waals surface area (Å²) < 4.78 is 11.0. The molecule has 6 nitrogen and oxygen atoms in total. The molecule has 0 saturated carbocycles. The zero-order valence-electron chi connectivity index (χ0n) is 19.4. The zero-order chi connectivity index (χ0) is 21.1. The van der Waals surface area contributed by atoms with Gasteiger partial charge in [-0.1, -0.05) is 12.1 Å². The molecule has 1 heterocycles. The van der Waals surface area contributed by atoms with Gasteiger partial charge in [-0.05, 0) is 64.6 Å². The van der Waals surface area contributed by atoms with Crippen LogP contribution >= 0.6 is 24.0 Å². The monoisotopic (exact) mass is 532 g/mol. The number of rotatable bonds is 10. The Bertz CT molecular complexity index is 640. The molecule has 30 heavy (non-hydrogen) atoms. The molecular weight excluding hydrogens is 491 g/mol. The van der Waals surface area contributed by atoms with Crippen LogP contribution in [-0.4, -0.2) is 63.4 Å². The highest BCUT2D eigenvalue weighted by molar-refractivity contribution is 14.0. The SMILES string of the molecule is CCNC(=NCc1ccc(C)cc1OCCOC)NCC1CCCN(C(C)C)C1.I. The highest BCUT2D eigenvalue weighted by atomic mass is 127. The summed E-state index contributed by atoms with van der Waals surface area (Å²) in [6.45, 7) is 14.7. The number of benzene rings is 1. The molecule has 7 heteroatoms. The van der Waals surface area contributed by atoms with Crippen LogP contribution in [0.1, 0.15) is 44.7 Å². The fraction of sp³-hybridized carbons (Fsp3) is 0.696. The maximum Gasteiger partial charge on any atom is 0.191 e. The third-order valence-electron chi connectivity index (χ3n) is 5.36. The van der Waals surface area contributed by atoms with Gasteiger partial charge in [0, 0.05) is 38.3 Å². The van der Waals surface area contributed by atoms with E-state index in [-0.39, 0.29) is 24.0 Å². The number of hydrogen-bond acceptors (Lipinski definition) is 4. The maximum atomic E-state index is 5.90. The summed E-state index contributed by atoms with van der Waals surface area (Å²) >= 11 is 0. The highest BCUT2D eigenvalue weighted by Crippen LogP contribution is 2.21. The first kappa shape index (κ1) is 27.0. The fourth-order valence-electron chi connectivity index (χ4n) is 3.64. The van der Waals surface area contributed by atoms with Crippen molar-refractivity contribution in [3.63, 3.8) is 0 Å². The molecule has 1 fully saturated rings. The number of ether oxygens (including phenoxy) is 2. The van der Waals surface area contributed by atoms with Gasteiger partial charge < -0.3 is 25.0 Å². The number of nitrogens with zero attached hydrogens (tertiary/aromatic N) is 2. The standard InChI is InChI=1S/C23H40N4O2.HI/c1-6-24-23(25-15-20-8-7-11-27(17-20)18(2)3)26-16-21-10-9-19(4)14-22(21)29-13-12-28-5;/h9-10,14,18,20H,6-8,11-13,15-17H2,1-5H3,(H2,24,25,26);1H. The topological polar surface area (TPSA) is 58.1 Å². The number of nitrogens with one attached hydrogen (secondary N) is 2. The number of guanidine groups is 1. The summed E-state index contributed by atoms with van der Waals surface area (Å²) in [6.07, 6.45) is 2.56. The van der Waals surface area contributed by atoms with E-state index in [1.807, 2.05) is 0 Å². The van der Waals surface area contributed by atoms with E-state index in [0.717, 1.165) is 30.4 Å². The number of methoxy groups -OCH3 is 1. The van der Waals surface area contributed by atoms with Crippen molar-refractivity contribution in [3.05, 3.63) is 29.3 Å². The Morgan fingerprint density at radius 1 is 1.27 bits per heavy atom. The summed E-state index contributed by atoms with van der Waals surface area (Å²) in [7, 11) is 1.69. The molecule has 0 spiro atoms. The largest absolute Gasteiger partial charge is 0.491 e. The minimum atomic E-state index is 0. The Kier molecular flexibility index (Phi) is 13.4. The predicted octanol–water partition coefficient (Wildman–Crippen LogP) is 3.81. The smallest absolute Gasteiger partial charge is 0.191 e. The molecule has 1 atom stereocenters. The number of hydrogen-bond donors (Lipinski definition) is 2. The quantitative estimate of drug-likeness (QED) is 0.208. The lowest BCUT2D eigenvalue weighted by Gasteiger charge is -2.35. The van der Waals surface area contributed by atoms with Gasteiger partial charge in [0.1, 0.15) is 12.4 Å². The van der Waals surface area contributed by atoms with E-state index in [9.17, 15) is 0 Å². The third-order valence-corrected chi connectivity index (χ3v) is 5.36. The van der Waals surface area contributed by atoms with Gasteiger partial charge >= 0.3 is 0 Å². The summed E-state index contributed by atoms with van der Waals surface area (Å²) in [4.78, 5) is 7.39. The fourth-order valence-corrected chi connectivity index (χ4v) is 3.64. The predicted molar refractivity (Wildman–Crippen MR) is 136 cm³/mol. The average molecular weight is 533 g/mol. The number of halogens is 1. The summed E-state index contributed by atoms with van der Waals surface area (Å²) in [5.74, 6) is 2.43. The van der Waals surface area contributed by atoms with E-state index in [1.165, 1.54) is 31.5 Å². The van der Waals surface area contributed by atoms with Crippen LogP contribution in [0.25, 0.3) is 0 Å². The molecule has 0 bridgehead atoms. The molecule has 1 unspecified atom stereocenters. The van der Waals surface area contributed by atoms with Gasteiger partial charge in [0.05, 0.1) is 13.2 Å². The first-order chi connectivity index (χ1) is 14.0. The van der Waals surface area contributed by atoms with Crippen LogP contribution in [0.2, 0.25) is 0 Å². The average Bonchev–Trinajstić information content (AvgIpc) is 2.71. The molecule has 1 aliphatic rings. The van der Waals surface area contributed by atoms with E-state index in [1.54, 1.807) is 7.11 Å². The van der Waals surface area contributed by atoms with Crippen LogP contribution in [0.4, 0.5) is 0 Å². The Labute approximate surface area is 200 Å². The van der Waals surface area contributed by atoms with Gasteiger partial charge in [-0.15, -0.1) is 24.0 Å². The number of aliphatic imine (C=N–C) groups is 1. The molecule has 1 saturated heterocycles. The van der Waals surface area contributed by atoms with Gasteiger partial charge in [0.15, 0.2) is 5.96 Å². The van der Waals surface area contributed by atoms with Crippen molar-refractivity contribution < 1.29 is 9.47 Å². The van der Waals surface area contributed by atoms with E-state index < -0.39 is 0 Å². The Morgan fingerprint density at radius 2 is 2.07 bits per heavy atom. The lowest BCUT2D eigenvalue weighted by Crippen LogP contribution is -2.46. The van der Waals surface area contributed by atoms with Crippen molar-refractivity contribution in [1.29, 1.82) is 0 Å². The van der Waals surface area contributed by atoms with Crippen molar-refractivity contribution in [2.45, 2.75) is 53.1 Å². The van der Waals surface area contributed by atoms with E-state index >= 15 is 0 Å². The van der Waals surface area contributed by atoms with Gasteiger partial charge in [0.25, 0.3) is 0 Å². The van der Waals surface area contributed by atoms with Crippen LogP contribution in [-0.2, 0) is 11.3 Å². The number of aryl methyl sites for hydroxylation is 1. The number of piperidine rings is 1. The minimum absolute atomic E-state index is 0. The van der Waals surface area contributed by atoms with Crippen LogP contribution in [0, 0.1) is 12.8 Å². The molecule has 172 valence electrons. The number of likely N-dealkylation sites (tertiary alicyclic amines) is 1. The van der Waals surface area contributed by atoms with Gasteiger partial charge in [-0.3, -0.25) is 0 Å². The van der Waals surface area contributed by atoms with Crippen LogP contribution in [0.3, 0.4) is 0 Å². The Balaban J connectivity index is 0.00000450. The molecule has 1 aliphatic heterocycles. The summed E-state index contributed by atoms with van der Waals surface area (Å²) in [5, 5.41) is 6.93. The van der Waals surface area contributed by atoms with Gasteiger partial charge in [-0.2, -0.15) is 0 Å². The third kappa shape index (κ3) is 9.39. The second-order valence-electron chi connectivity index (χ2n) is 8.13. The summed E-state index contributed by atoms with van der Waals surface area (Å²) in [6, 6.07) is 6.91. The van der Waals surface area contributed by atoms with E-state index in [0.29, 0.717) is 31.7 Å². The zero-order valence-corrected chi connectivity index (χ0v) is 21.7. The van der Waals surface area contributed by atoms with E-state index in [4.69, 9.17) is 14.5 Å². The Hall–Kier alpha value is -1.06. The maximum absolute atomic E-state index is 5.90. The lowest BCUT2D eigenvalue weighted by atomic mass is 9.97. The van der Waals surface area contributed by atoms with Crippen LogP contribution in [0.15, 0.2) is 23.2 Å². The van der Waals surface area contributed by atoms with Crippen molar-refractivity contribution in [2.75, 3.05) is 46.5 Å². The summed E-state index contributed by atoms with van der Waals surface area (Å²) in [5.41, 5.74) is 2.27. The van der Waals surface area contributed by atoms with Crippen molar-refractivity contribution in [2.24, 2.45) is 10.9 Å². The molecule has 1 aromatic rings. The molecule has 1 aromatic carbocycles. The molecule has 0 amide bonds. The first-order valence-electron chi connectivity index (χ1n) is 11.0. The molecule has 0 aliphatic carbocycles. The normalized spacial score (nSPS) is 17.5. The van der Waals surface area contributed by atoms with Crippen molar-refractivity contribution >= 4 is 29.9 Å². The van der Waals surface area contributed by atoms with Crippen molar-refractivity contribution in [3.8, 4) is 5.75 Å². The van der Waals surface area contributed by atoms with Crippen molar-refractivity contribution in [1.82, 2.24) is 15.5 Å². The molecule has 2 rings (SSSR count). The molecule has 0 aromatic heterocycles. The van der Waals surface area contributed by atoms with Crippen LogP contribution < -0.4 is 15.4 Å². The minimum Gasteiger partial charge on any atom is -0.491 e. The molecular formula is C23H41IN4O2. The molecule has 0 radical (unpaired) electrons. The Morgan fingerprint density at radius 3 is 2.77 bits per heavy atom. The highest BCUT2D eigenvalue weighted by Gasteiger charge is 2.21. The second kappa shape index (κ2) is 14.9. The first-order valence-corrected chi connectivity index (χ1v) is 11.0. The van der Waals surface area contributed by atoms with Gasteiger partial charge in [-0.25, -0.2) is 4.99 Å². The molecule has 2 N–H and O–H groups in total. The van der Waals surface area contributed by atoms with Crippen LogP contribution in [0.5, 0.6) is 5.75 Å². The second-order valence-corrected chi connectivity index (χ2v) is 8.13.